The average molecular weight is 189 g/mol. The number of hydrogen-bond acceptors (Lipinski definition) is 4. The molecule has 1 heterocycles. The molecule has 1 fully saturated rings. The van der Waals surface area contributed by atoms with Crippen molar-refractivity contribution >= 4 is 8.69 Å². The van der Waals surface area contributed by atoms with E-state index >= 15 is 0 Å². The summed E-state index contributed by atoms with van der Waals surface area (Å²) >= 11 is 0. The van der Waals surface area contributed by atoms with Crippen LogP contribution >= 0.6 is 8.69 Å². The minimum atomic E-state index is -0.280. The lowest BCUT2D eigenvalue weighted by atomic mass is 10.2. The molecule has 0 aromatic heterocycles. The molecule has 1 saturated heterocycles. The molecule has 0 bridgehead atoms. The van der Waals surface area contributed by atoms with Gasteiger partial charge in [-0.1, -0.05) is 6.58 Å². The minimum absolute atomic E-state index is 0.0411. The quantitative estimate of drug-likeness (QED) is 0.665. The molecule has 1 aliphatic rings. The molecule has 0 aromatic carbocycles. The molecule has 1 aliphatic heterocycles. The first-order valence-electron chi connectivity index (χ1n) is 3.84. The molecule has 0 spiro atoms. The zero-order valence-electron chi connectivity index (χ0n) is 6.73. The standard InChI is InChI=1S/C7H12NO3P/c1-2-8-7-4-3-6(11-7)5-10-12-9/h2,6-8H,1,3-5H2. The first-order chi connectivity index (χ1) is 5.86. The van der Waals surface area contributed by atoms with Gasteiger partial charge in [0.05, 0.1) is 12.7 Å². The zero-order valence-corrected chi connectivity index (χ0v) is 7.63. The first kappa shape index (κ1) is 9.65. The van der Waals surface area contributed by atoms with Gasteiger partial charge in [0.2, 0.25) is 0 Å². The molecule has 0 aromatic rings. The number of hydrogen-bond donors (Lipinski definition) is 1. The van der Waals surface area contributed by atoms with Crippen molar-refractivity contribution in [3.63, 3.8) is 0 Å². The van der Waals surface area contributed by atoms with E-state index in [4.69, 9.17) is 4.74 Å². The van der Waals surface area contributed by atoms with Crippen molar-refractivity contribution in [2.24, 2.45) is 0 Å². The summed E-state index contributed by atoms with van der Waals surface area (Å²) < 4.78 is 20.1. The maximum absolute atomic E-state index is 9.96. The van der Waals surface area contributed by atoms with E-state index in [9.17, 15) is 4.57 Å². The second-order valence-corrected chi connectivity index (χ2v) is 2.97. The Morgan fingerprint density at radius 3 is 3.25 bits per heavy atom. The highest BCUT2D eigenvalue weighted by molar-refractivity contribution is 7.17. The minimum Gasteiger partial charge on any atom is -0.367 e. The maximum Gasteiger partial charge on any atom is 0.327 e. The van der Waals surface area contributed by atoms with Gasteiger partial charge in [0.25, 0.3) is 0 Å². The zero-order chi connectivity index (χ0) is 8.81. The highest BCUT2D eigenvalue weighted by Gasteiger charge is 2.24. The molecule has 1 N–H and O–H groups in total. The third-order valence-electron chi connectivity index (χ3n) is 1.72. The summed E-state index contributed by atoms with van der Waals surface area (Å²) in [5.41, 5.74) is 0. The van der Waals surface area contributed by atoms with Gasteiger partial charge in [-0.05, 0) is 19.0 Å². The lowest BCUT2D eigenvalue weighted by Gasteiger charge is -2.11. The van der Waals surface area contributed by atoms with Gasteiger partial charge in [-0.2, -0.15) is 0 Å². The molecule has 5 heteroatoms. The molecule has 4 nitrogen and oxygen atoms in total. The largest absolute Gasteiger partial charge is 0.367 e. The van der Waals surface area contributed by atoms with Crippen LogP contribution < -0.4 is 5.32 Å². The monoisotopic (exact) mass is 189 g/mol. The third-order valence-corrected chi connectivity index (χ3v) is 1.98. The Morgan fingerprint density at radius 1 is 1.75 bits per heavy atom. The van der Waals surface area contributed by atoms with Gasteiger partial charge in [-0.25, -0.2) is 4.57 Å². The Labute approximate surface area is 73.2 Å². The Bertz CT molecular complexity index is 165. The van der Waals surface area contributed by atoms with Crippen molar-refractivity contribution in [3.8, 4) is 0 Å². The van der Waals surface area contributed by atoms with Crippen LogP contribution in [0, 0.1) is 0 Å². The van der Waals surface area contributed by atoms with Crippen LogP contribution in [0.2, 0.25) is 0 Å². The number of rotatable bonds is 5. The van der Waals surface area contributed by atoms with E-state index in [1.807, 2.05) is 0 Å². The van der Waals surface area contributed by atoms with Crippen LogP contribution in [0.1, 0.15) is 12.8 Å². The van der Waals surface area contributed by atoms with E-state index in [2.05, 4.69) is 16.4 Å². The van der Waals surface area contributed by atoms with Crippen LogP contribution in [0.5, 0.6) is 0 Å². The fraction of sp³-hybridized carbons (Fsp3) is 0.714. The molecule has 12 heavy (non-hydrogen) atoms. The molecular weight excluding hydrogens is 177 g/mol. The summed E-state index contributed by atoms with van der Waals surface area (Å²) in [5, 5.41) is 2.96. The van der Waals surface area contributed by atoms with Crippen LogP contribution in [0.25, 0.3) is 0 Å². The first-order valence-corrected chi connectivity index (χ1v) is 4.57. The van der Waals surface area contributed by atoms with Gasteiger partial charge in [-0.3, -0.25) is 4.52 Å². The molecule has 0 radical (unpaired) electrons. The van der Waals surface area contributed by atoms with Crippen LogP contribution in [0.3, 0.4) is 0 Å². The van der Waals surface area contributed by atoms with E-state index in [1.165, 1.54) is 0 Å². The molecule has 0 amide bonds. The Hall–Kier alpha value is -0.440. The predicted molar refractivity (Wildman–Crippen MR) is 44.8 cm³/mol. The van der Waals surface area contributed by atoms with Crippen LogP contribution in [0.15, 0.2) is 12.8 Å². The summed E-state index contributed by atoms with van der Waals surface area (Å²) in [4.78, 5) is 0. The van der Waals surface area contributed by atoms with E-state index < -0.39 is 0 Å². The fourth-order valence-electron chi connectivity index (χ4n) is 1.20. The topological polar surface area (TPSA) is 47.6 Å². The summed E-state index contributed by atoms with van der Waals surface area (Å²) in [6, 6.07) is 0. The Morgan fingerprint density at radius 2 is 2.58 bits per heavy atom. The normalized spacial score (nSPS) is 29.0. The van der Waals surface area contributed by atoms with Crippen LogP contribution in [0.4, 0.5) is 0 Å². The van der Waals surface area contributed by atoms with Crippen molar-refractivity contribution in [2.75, 3.05) is 6.61 Å². The van der Waals surface area contributed by atoms with E-state index in [0.717, 1.165) is 12.8 Å². The number of ether oxygens (including phenoxy) is 1. The van der Waals surface area contributed by atoms with Crippen molar-refractivity contribution in [3.05, 3.63) is 12.8 Å². The van der Waals surface area contributed by atoms with Gasteiger partial charge >= 0.3 is 8.69 Å². The smallest absolute Gasteiger partial charge is 0.327 e. The molecule has 2 unspecified atom stereocenters. The molecular formula is C7H12NO3P. The predicted octanol–water partition coefficient (Wildman–Crippen LogP) is 1.45. The third kappa shape index (κ3) is 2.89. The van der Waals surface area contributed by atoms with Crippen molar-refractivity contribution < 1.29 is 13.8 Å². The maximum atomic E-state index is 9.96. The van der Waals surface area contributed by atoms with E-state index in [-0.39, 0.29) is 21.0 Å². The van der Waals surface area contributed by atoms with Gasteiger partial charge in [-0.15, -0.1) is 0 Å². The fourth-order valence-corrected chi connectivity index (χ4v) is 1.42. The van der Waals surface area contributed by atoms with Crippen molar-refractivity contribution in [2.45, 2.75) is 25.2 Å². The van der Waals surface area contributed by atoms with Crippen molar-refractivity contribution in [1.82, 2.24) is 5.32 Å². The summed E-state index contributed by atoms with van der Waals surface area (Å²) in [5.74, 6) is 0. The Kier molecular flexibility index (Phi) is 4.22. The molecule has 2 atom stereocenters. The molecule has 1 rings (SSSR count). The highest BCUT2D eigenvalue weighted by Crippen LogP contribution is 2.18. The molecule has 0 aliphatic carbocycles. The summed E-state index contributed by atoms with van der Waals surface area (Å²) in [6.07, 6.45) is 3.58. The second-order valence-electron chi connectivity index (χ2n) is 2.57. The summed E-state index contributed by atoms with van der Waals surface area (Å²) in [7, 11) is -0.280. The van der Waals surface area contributed by atoms with E-state index in [0.29, 0.717) is 6.61 Å². The van der Waals surface area contributed by atoms with E-state index in [1.54, 1.807) is 6.20 Å². The lowest BCUT2D eigenvalue weighted by molar-refractivity contribution is 0.0114. The van der Waals surface area contributed by atoms with Crippen molar-refractivity contribution in [1.29, 1.82) is 0 Å². The number of nitrogens with one attached hydrogen (secondary N) is 1. The molecule has 68 valence electrons. The molecule has 0 saturated carbocycles. The van der Waals surface area contributed by atoms with Gasteiger partial charge in [0, 0.05) is 0 Å². The van der Waals surface area contributed by atoms with Crippen LogP contribution in [-0.2, 0) is 13.8 Å². The summed E-state index contributed by atoms with van der Waals surface area (Å²) in [6.45, 7) is 3.93. The van der Waals surface area contributed by atoms with Gasteiger partial charge in [0.1, 0.15) is 6.23 Å². The van der Waals surface area contributed by atoms with Crippen LogP contribution in [-0.4, -0.2) is 18.9 Å². The van der Waals surface area contributed by atoms with Gasteiger partial charge < -0.3 is 10.1 Å². The lowest BCUT2D eigenvalue weighted by Crippen LogP contribution is -2.25. The highest BCUT2D eigenvalue weighted by atomic mass is 31.1. The second kappa shape index (κ2) is 5.25. The SMILES string of the molecule is C=CNC1CCC(COP=O)O1. The average Bonchev–Trinajstić information content (AvgIpc) is 2.50. The van der Waals surface area contributed by atoms with Gasteiger partial charge in [0.15, 0.2) is 0 Å². The Balaban J connectivity index is 2.16.